The number of nitrogens with zero attached hydrogens (tertiary/aromatic N) is 2. The van der Waals surface area contributed by atoms with Gasteiger partial charge < -0.3 is 10.1 Å². The summed E-state index contributed by atoms with van der Waals surface area (Å²) in [6.07, 6.45) is 1.21. The second-order valence-corrected chi connectivity index (χ2v) is 6.47. The summed E-state index contributed by atoms with van der Waals surface area (Å²) in [6.45, 7) is -3.03. The minimum absolute atomic E-state index is 0.0658. The van der Waals surface area contributed by atoms with E-state index >= 15 is 0 Å². The third-order valence-corrected chi connectivity index (χ3v) is 4.09. The lowest BCUT2D eigenvalue weighted by Crippen LogP contribution is -2.35. The van der Waals surface area contributed by atoms with E-state index in [1.165, 1.54) is 24.4 Å². The van der Waals surface area contributed by atoms with E-state index < -0.39 is 24.5 Å². The number of para-hydroxylation sites is 2. The summed E-state index contributed by atoms with van der Waals surface area (Å²) in [5.74, 6) is -1.18. The Morgan fingerprint density at radius 1 is 1.27 bits per heavy atom. The van der Waals surface area contributed by atoms with Crippen LogP contribution in [0.2, 0.25) is 5.02 Å². The summed E-state index contributed by atoms with van der Waals surface area (Å²) in [5, 5.41) is 9.46. The standard InChI is InChI=1S/C19H16ClF2N5O3/c20-12-7-5-11(6-8-12)10-23-27-19-25-14(17(29)26-19)9-16(28)24-13-3-1-2-4-15(13)30-18(21)22/h1-8,10,14,18H,9H2,(H,24,28)(H2,25,26,27,29)/b23-10-/t14-/m1/s1. The van der Waals surface area contributed by atoms with Gasteiger partial charge in [0.05, 0.1) is 18.3 Å². The molecule has 1 heterocycles. The molecule has 0 fully saturated rings. The van der Waals surface area contributed by atoms with Gasteiger partial charge in [-0.15, -0.1) is 0 Å². The monoisotopic (exact) mass is 435 g/mol. The Morgan fingerprint density at radius 3 is 2.73 bits per heavy atom. The van der Waals surface area contributed by atoms with Crippen molar-refractivity contribution in [2.24, 2.45) is 10.1 Å². The number of guanidine groups is 1. The molecule has 2 aromatic rings. The Bertz CT molecular complexity index is 982. The first kappa shape index (κ1) is 21.2. The van der Waals surface area contributed by atoms with Gasteiger partial charge in [0.15, 0.2) is 0 Å². The summed E-state index contributed by atoms with van der Waals surface area (Å²) in [6, 6.07) is 11.7. The molecule has 0 saturated heterocycles. The van der Waals surface area contributed by atoms with Gasteiger partial charge in [-0.3, -0.25) is 14.9 Å². The first-order valence-electron chi connectivity index (χ1n) is 8.67. The molecule has 30 heavy (non-hydrogen) atoms. The molecule has 8 nitrogen and oxygen atoms in total. The molecule has 1 aliphatic rings. The summed E-state index contributed by atoms with van der Waals surface area (Å²) >= 11 is 5.81. The van der Waals surface area contributed by atoms with Gasteiger partial charge in [0.1, 0.15) is 11.8 Å². The number of halogens is 3. The largest absolute Gasteiger partial charge is 0.433 e. The number of hydrazone groups is 1. The maximum atomic E-state index is 12.5. The predicted molar refractivity (Wildman–Crippen MR) is 108 cm³/mol. The lowest BCUT2D eigenvalue weighted by atomic mass is 10.2. The van der Waals surface area contributed by atoms with Crippen molar-refractivity contribution in [2.45, 2.75) is 19.1 Å². The van der Waals surface area contributed by atoms with E-state index in [0.29, 0.717) is 5.02 Å². The SMILES string of the molecule is O=C(C[C@H]1N=C(N/N=C\c2ccc(Cl)cc2)NC1=O)Nc1ccccc1OC(F)F. The molecular formula is C19H16ClF2N5O3. The topological polar surface area (TPSA) is 104 Å². The van der Waals surface area contributed by atoms with Crippen LogP contribution in [0.15, 0.2) is 58.6 Å². The molecule has 3 rings (SSSR count). The van der Waals surface area contributed by atoms with Gasteiger partial charge in [0.2, 0.25) is 11.9 Å². The molecule has 1 atom stereocenters. The number of alkyl halides is 2. The van der Waals surface area contributed by atoms with Gasteiger partial charge in [-0.05, 0) is 29.8 Å². The Morgan fingerprint density at radius 2 is 2.00 bits per heavy atom. The molecular weight excluding hydrogens is 420 g/mol. The van der Waals surface area contributed by atoms with E-state index in [2.05, 4.69) is 30.9 Å². The number of benzene rings is 2. The maximum absolute atomic E-state index is 12.5. The van der Waals surface area contributed by atoms with E-state index in [1.807, 2.05) is 0 Å². The molecule has 2 aromatic carbocycles. The summed E-state index contributed by atoms with van der Waals surface area (Å²) < 4.78 is 29.3. The number of carbonyl (C=O) groups is 2. The number of carbonyl (C=O) groups excluding carboxylic acids is 2. The van der Waals surface area contributed by atoms with Crippen LogP contribution in [-0.2, 0) is 9.59 Å². The van der Waals surface area contributed by atoms with Gasteiger partial charge >= 0.3 is 6.61 Å². The van der Waals surface area contributed by atoms with Crippen molar-refractivity contribution in [2.75, 3.05) is 5.32 Å². The smallest absolute Gasteiger partial charge is 0.387 e. The molecule has 156 valence electrons. The van der Waals surface area contributed by atoms with Gasteiger partial charge in [-0.2, -0.15) is 13.9 Å². The van der Waals surface area contributed by atoms with Crippen LogP contribution in [0.5, 0.6) is 5.75 Å². The number of hydrogen-bond donors (Lipinski definition) is 3. The van der Waals surface area contributed by atoms with Gasteiger partial charge in [-0.1, -0.05) is 35.9 Å². The average Bonchev–Trinajstić information content (AvgIpc) is 3.03. The van der Waals surface area contributed by atoms with Crippen LogP contribution in [0.25, 0.3) is 0 Å². The molecule has 0 spiro atoms. The summed E-state index contributed by atoms with van der Waals surface area (Å²) in [7, 11) is 0. The van der Waals surface area contributed by atoms with Crippen LogP contribution in [0.4, 0.5) is 14.5 Å². The van der Waals surface area contributed by atoms with Crippen LogP contribution in [0, 0.1) is 0 Å². The highest BCUT2D eigenvalue weighted by molar-refractivity contribution is 6.30. The minimum Gasteiger partial charge on any atom is -0.433 e. The molecule has 0 unspecified atom stereocenters. The number of nitrogens with one attached hydrogen (secondary N) is 3. The molecule has 0 saturated carbocycles. The number of amides is 2. The van der Waals surface area contributed by atoms with Crippen LogP contribution in [-0.4, -0.2) is 36.6 Å². The summed E-state index contributed by atoms with van der Waals surface area (Å²) in [4.78, 5) is 28.3. The second-order valence-electron chi connectivity index (χ2n) is 6.03. The van der Waals surface area contributed by atoms with E-state index in [9.17, 15) is 18.4 Å². The van der Waals surface area contributed by atoms with E-state index in [-0.39, 0.29) is 23.8 Å². The van der Waals surface area contributed by atoms with E-state index in [4.69, 9.17) is 11.6 Å². The number of hydrogen-bond acceptors (Lipinski definition) is 6. The van der Waals surface area contributed by atoms with Crippen LogP contribution in [0.3, 0.4) is 0 Å². The Hall–Kier alpha value is -3.53. The summed E-state index contributed by atoms with van der Waals surface area (Å²) in [5.41, 5.74) is 3.42. The van der Waals surface area contributed by atoms with Gasteiger partial charge in [0, 0.05) is 5.02 Å². The Labute approximate surface area is 175 Å². The highest BCUT2D eigenvalue weighted by Gasteiger charge is 2.28. The van der Waals surface area contributed by atoms with Crippen molar-refractivity contribution in [3.63, 3.8) is 0 Å². The first-order valence-corrected chi connectivity index (χ1v) is 9.05. The number of aliphatic imine (C=N–C) groups is 1. The molecule has 3 N–H and O–H groups in total. The van der Waals surface area contributed by atoms with Gasteiger partial charge in [0.25, 0.3) is 5.91 Å². The fourth-order valence-corrected chi connectivity index (χ4v) is 2.63. The van der Waals surface area contributed by atoms with Crippen LogP contribution >= 0.6 is 11.6 Å². The van der Waals surface area contributed by atoms with Gasteiger partial charge in [-0.25, -0.2) is 10.4 Å². The van der Waals surface area contributed by atoms with Crippen molar-refractivity contribution < 1.29 is 23.1 Å². The van der Waals surface area contributed by atoms with Crippen molar-refractivity contribution in [1.29, 1.82) is 0 Å². The zero-order valence-corrected chi connectivity index (χ0v) is 16.1. The van der Waals surface area contributed by atoms with Crippen molar-refractivity contribution in [3.05, 3.63) is 59.1 Å². The fraction of sp³-hybridized carbons (Fsp3) is 0.158. The Kier molecular flexibility index (Phi) is 6.91. The van der Waals surface area contributed by atoms with Crippen LogP contribution < -0.4 is 20.8 Å². The number of ether oxygens (including phenoxy) is 1. The molecule has 0 radical (unpaired) electrons. The van der Waals surface area contributed by atoms with E-state index in [1.54, 1.807) is 30.3 Å². The van der Waals surface area contributed by atoms with E-state index in [0.717, 1.165) is 5.56 Å². The van der Waals surface area contributed by atoms with Crippen molar-refractivity contribution in [1.82, 2.24) is 10.7 Å². The minimum atomic E-state index is -3.03. The molecule has 0 aromatic heterocycles. The predicted octanol–water partition coefficient (Wildman–Crippen LogP) is 2.75. The molecule has 11 heteroatoms. The highest BCUT2D eigenvalue weighted by Crippen LogP contribution is 2.25. The first-order chi connectivity index (χ1) is 14.4. The lowest BCUT2D eigenvalue weighted by molar-refractivity contribution is -0.123. The highest BCUT2D eigenvalue weighted by atomic mass is 35.5. The Balaban J connectivity index is 1.56. The van der Waals surface area contributed by atoms with Crippen molar-refractivity contribution in [3.8, 4) is 5.75 Å². The maximum Gasteiger partial charge on any atom is 0.387 e. The second kappa shape index (κ2) is 9.79. The average molecular weight is 436 g/mol. The quantitative estimate of drug-likeness (QED) is 0.459. The molecule has 2 amide bonds. The van der Waals surface area contributed by atoms with Crippen LogP contribution in [0.1, 0.15) is 12.0 Å². The zero-order chi connectivity index (χ0) is 21.5. The lowest BCUT2D eigenvalue weighted by Gasteiger charge is -2.12. The zero-order valence-electron chi connectivity index (χ0n) is 15.3. The fourth-order valence-electron chi connectivity index (χ4n) is 2.50. The van der Waals surface area contributed by atoms with Crippen molar-refractivity contribution >= 4 is 41.3 Å². The third kappa shape index (κ3) is 5.98. The molecule has 0 aliphatic carbocycles. The third-order valence-electron chi connectivity index (χ3n) is 3.84. The number of rotatable bonds is 7. The number of anilines is 1. The molecule has 1 aliphatic heterocycles. The molecule has 0 bridgehead atoms. The normalized spacial score (nSPS) is 15.8.